The van der Waals surface area contributed by atoms with Gasteiger partial charge in [-0.05, 0) is 53.5 Å². The summed E-state index contributed by atoms with van der Waals surface area (Å²) in [6, 6.07) is 28.6. The van der Waals surface area contributed by atoms with E-state index in [1.165, 1.54) is 18.2 Å². The molecule has 0 aliphatic rings. The Balaban J connectivity index is 1.57. The Morgan fingerprint density at radius 3 is 1.76 bits per heavy atom. The van der Waals surface area contributed by atoms with Crippen molar-refractivity contribution in [2.24, 2.45) is 0 Å². The Hall–Kier alpha value is -4.16. The van der Waals surface area contributed by atoms with Crippen molar-refractivity contribution in [1.82, 2.24) is 4.73 Å². The van der Waals surface area contributed by atoms with Gasteiger partial charge in [0.25, 0.3) is 5.56 Å². The number of aromatic nitrogens is 1. The molecule has 0 amide bonds. The van der Waals surface area contributed by atoms with Gasteiger partial charge < -0.3 is 0 Å². The molecule has 1 aromatic heterocycles. The molecule has 0 atom stereocenters. The first-order valence-corrected chi connectivity index (χ1v) is 12.1. The molecule has 34 heavy (non-hydrogen) atoms. The molecule has 4 rings (SSSR count). The van der Waals surface area contributed by atoms with Gasteiger partial charge in [0.05, 0.1) is 5.69 Å². The van der Waals surface area contributed by atoms with E-state index in [1.54, 1.807) is 43.3 Å². The van der Waals surface area contributed by atoms with E-state index < -0.39 is 15.7 Å². The number of hydrogen-bond acceptors (Lipinski definition) is 4. The predicted octanol–water partition coefficient (Wildman–Crippen LogP) is 5.32. The highest BCUT2D eigenvalue weighted by atomic mass is 32.2. The minimum absolute atomic E-state index is 0.0310. The maximum Gasteiger partial charge on any atom is 0.357 e. The van der Waals surface area contributed by atoms with E-state index in [9.17, 15) is 13.2 Å². The third kappa shape index (κ3) is 5.79. The van der Waals surface area contributed by atoms with Gasteiger partial charge in [0.1, 0.15) is 4.90 Å². The van der Waals surface area contributed by atoms with Crippen LogP contribution in [0, 0.1) is 6.92 Å². The van der Waals surface area contributed by atoms with Crippen LogP contribution in [0.15, 0.2) is 107 Å². The van der Waals surface area contributed by atoms with Crippen LogP contribution in [0.1, 0.15) is 27.9 Å². The largest absolute Gasteiger partial charge is 0.357 e. The molecule has 0 bridgehead atoms. The van der Waals surface area contributed by atoms with Crippen LogP contribution in [-0.4, -0.2) is 13.1 Å². The topological polar surface area (TPSA) is 65.4 Å². The van der Waals surface area contributed by atoms with Crippen LogP contribution in [0.2, 0.25) is 0 Å². The van der Waals surface area contributed by atoms with Gasteiger partial charge in [-0.25, -0.2) is 0 Å². The fourth-order valence-electron chi connectivity index (χ4n) is 3.29. The number of rotatable bonds is 7. The van der Waals surface area contributed by atoms with Crippen molar-refractivity contribution in [3.05, 3.63) is 135 Å². The maximum absolute atomic E-state index is 12.7. The molecule has 0 radical (unpaired) electrons. The molecule has 0 aliphatic carbocycles. The second-order valence-electron chi connectivity index (χ2n) is 7.68. The van der Waals surface area contributed by atoms with Crippen molar-refractivity contribution in [3.8, 4) is 0 Å². The van der Waals surface area contributed by atoms with Crippen molar-refractivity contribution >= 4 is 34.4 Å². The zero-order valence-electron chi connectivity index (χ0n) is 18.5. The van der Waals surface area contributed by atoms with Crippen molar-refractivity contribution in [2.75, 3.05) is 0 Å². The van der Waals surface area contributed by atoms with Gasteiger partial charge in [-0.1, -0.05) is 91.0 Å². The highest BCUT2D eigenvalue weighted by Crippen LogP contribution is 2.14. The quantitative estimate of drug-likeness (QED) is 0.344. The van der Waals surface area contributed by atoms with Crippen molar-refractivity contribution in [1.29, 1.82) is 0 Å². The first kappa shape index (κ1) is 23.0. The minimum Gasteiger partial charge on any atom is -0.280 e. The number of nitrogens with zero attached hydrogens (tertiary/aromatic N) is 1. The average Bonchev–Trinajstić information content (AvgIpc) is 2.85. The van der Waals surface area contributed by atoms with E-state index in [-0.39, 0.29) is 4.90 Å². The molecule has 0 saturated carbocycles. The Labute approximate surface area is 199 Å². The molecular formula is C28H23NO4S. The van der Waals surface area contributed by atoms with Gasteiger partial charge in [0, 0.05) is 6.07 Å². The average molecular weight is 470 g/mol. The zero-order valence-corrected chi connectivity index (χ0v) is 19.4. The second-order valence-corrected chi connectivity index (χ2v) is 9.20. The molecule has 5 nitrogen and oxygen atoms in total. The first-order valence-electron chi connectivity index (χ1n) is 10.7. The molecule has 3 aromatic carbocycles. The minimum atomic E-state index is -4.17. The molecule has 0 spiro atoms. The third-order valence-corrected chi connectivity index (χ3v) is 6.21. The van der Waals surface area contributed by atoms with Crippen LogP contribution in [0.4, 0.5) is 0 Å². The summed E-state index contributed by atoms with van der Waals surface area (Å²) in [5, 5.41) is 0. The fourth-order valence-corrected chi connectivity index (χ4v) is 4.23. The van der Waals surface area contributed by atoms with E-state index in [4.69, 9.17) is 4.28 Å². The van der Waals surface area contributed by atoms with Crippen LogP contribution >= 0.6 is 0 Å². The molecule has 0 saturated heterocycles. The molecule has 6 heteroatoms. The molecule has 4 aromatic rings. The zero-order chi connectivity index (χ0) is 24.0. The highest BCUT2D eigenvalue weighted by Gasteiger charge is 2.18. The summed E-state index contributed by atoms with van der Waals surface area (Å²) in [6.07, 6.45) is 7.53. The van der Waals surface area contributed by atoms with E-state index in [1.807, 2.05) is 66.7 Å². The number of benzene rings is 3. The maximum atomic E-state index is 12.7. The number of pyridine rings is 1. The molecule has 0 fully saturated rings. The third-order valence-electron chi connectivity index (χ3n) is 5.02. The second kappa shape index (κ2) is 10.2. The van der Waals surface area contributed by atoms with Crippen LogP contribution in [0.25, 0.3) is 24.3 Å². The lowest BCUT2D eigenvalue weighted by molar-refractivity contribution is 0.264. The smallest absolute Gasteiger partial charge is 0.280 e. The summed E-state index contributed by atoms with van der Waals surface area (Å²) >= 11 is 0. The Kier molecular flexibility index (Phi) is 6.90. The fraction of sp³-hybridized carbons (Fsp3) is 0.0357. The monoisotopic (exact) mass is 469 g/mol. The molecular weight excluding hydrogens is 446 g/mol. The van der Waals surface area contributed by atoms with Crippen LogP contribution in [-0.2, 0) is 10.1 Å². The van der Waals surface area contributed by atoms with Gasteiger partial charge in [-0.2, -0.15) is 8.42 Å². The summed E-state index contributed by atoms with van der Waals surface area (Å²) < 4.78 is 31.3. The van der Waals surface area contributed by atoms with Crippen LogP contribution in [0.5, 0.6) is 0 Å². The SMILES string of the molecule is Cc1cc(C=Cc2ccc(C=Cc3ccccc3)cc2)n(OS(=O)(=O)c2ccccc2)c(=O)c1. The summed E-state index contributed by atoms with van der Waals surface area (Å²) in [4.78, 5) is 12.5. The van der Waals surface area contributed by atoms with Gasteiger partial charge in [-0.15, -0.1) is 4.73 Å². The lowest BCUT2D eigenvalue weighted by Gasteiger charge is -2.12. The lowest BCUT2D eigenvalue weighted by atomic mass is 10.1. The number of hydrogen-bond donors (Lipinski definition) is 0. The lowest BCUT2D eigenvalue weighted by Crippen LogP contribution is -2.32. The standard InChI is InChI=1S/C28H23NO4S/c1-22-20-26(29(28(30)21-22)33-34(31,32)27-10-6-3-7-11-27)19-18-25-16-14-24(15-17-25)13-12-23-8-4-2-5-9-23/h2-21H,1H3. The Bertz CT molecular complexity index is 1490. The first-order chi connectivity index (χ1) is 16.4. The predicted molar refractivity (Wildman–Crippen MR) is 136 cm³/mol. The molecule has 0 unspecified atom stereocenters. The van der Waals surface area contributed by atoms with E-state index >= 15 is 0 Å². The molecule has 0 N–H and O–H groups in total. The summed E-state index contributed by atoms with van der Waals surface area (Å²) in [5.74, 6) is 0. The van der Waals surface area contributed by atoms with Crippen LogP contribution < -0.4 is 9.84 Å². The van der Waals surface area contributed by atoms with Gasteiger partial charge in [0.15, 0.2) is 0 Å². The van der Waals surface area contributed by atoms with Gasteiger partial charge in [0.2, 0.25) is 0 Å². The van der Waals surface area contributed by atoms with Crippen LogP contribution in [0.3, 0.4) is 0 Å². The summed E-state index contributed by atoms with van der Waals surface area (Å²) in [7, 11) is -4.17. The molecule has 0 aliphatic heterocycles. The van der Waals surface area contributed by atoms with Gasteiger partial charge in [-0.3, -0.25) is 9.08 Å². The van der Waals surface area contributed by atoms with Crippen molar-refractivity contribution in [3.63, 3.8) is 0 Å². The number of aryl methyl sites for hydroxylation is 1. The Morgan fingerprint density at radius 2 is 1.18 bits per heavy atom. The van der Waals surface area contributed by atoms with E-state index in [0.717, 1.165) is 21.4 Å². The summed E-state index contributed by atoms with van der Waals surface area (Å²) in [6.45, 7) is 1.77. The Morgan fingerprint density at radius 1 is 0.676 bits per heavy atom. The van der Waals surface area contributed by atoms with Crippen molar-refractivity contribution < 1.29 is 12.7 Å². The normalized spacial score (nSPS) is 11.8. The van der Waals surface area contributed by atoms with E-state index in [2.05, 4.69) is 0 Å². The van der Waals surface area contributed by atoms with Gasteiger partial charge >= 0.3 is 10.1 Å². The summed E-state index contributed by atoms with van der Waals surface area (Å²) in [5.41, 5.74) is 3.50. The molecule has 1 heterocycles. The van der Waals surface area contributed by atoms with Crippen molar-refractivity contribution in [2.45, 2.75) is 11.8 Å². The highest BCUT2D eigenvalue weighted by molar-refractivity contribution is 7.87. The molecule has 170 valence electrons. The van der Waals surface area contributed by atoms with E-state index in [0.29, 0.717) is 11.3 Å².